The van der Waals surface area contributed by atoms with Crippen LogP contribution in [0.15, 0.2) is 6.20 Å². The lowest BCUT2D eigenvalue weighted by Crippen LogP contribution is -2.40. The van der Waals surface area contributed by atoms with Gasteiger partial charge in [0.05, 0.1) is 12.7 Å². The highest BCUT2D eigenvalue weighted by Crippen LogP contribution is 2.35. The summed E-state index contributed by atoms with van der Waals surface area (Å²) in [5.41, 5.74) is 0. The van der Waals surface area contributed by atoms with E-state index in [2.05, 4.69) is 12.0 Å². The number of aryl methyl sites for hydroxylation is 1. The largest absolute Gasteiger partial charge is 0.486 e. The molecule has 1 atom stereocenters. The van der Waals surface area contributed by atoms with E-state index in [0.29, 0.717) is 13.2 Å². The molecule has 3 rings (SSSR count). The van der Waals surface area contributed by atoms with E-state index in [4.69, 9.17) is 4.74 Å². The molecule has 1 aromatic rings. The van der Waals surface area contributed by atoms with Crippen LogP contribution in [0.1, 0.15) is 19.8 Å². The molecule has 16 heavy (non-hydrogen) atoms. The Labute approximate surface area is 94.0 Å². The van der Waals surface area contributed by atoms with Gasteiger partial charge >= 0.3 is 0 Å². The number of nitrogens with zero attached hydrogens (tertiary/aromatic N) is 3. The molecular weight excluding hydrogens is 206 g/mol. The minimum Gasteiger partial charge on any atom is -0.486 e. The van der Waals surface area contributed by atoms with Crippen LogP contribution in [0, 0.1) is 5.92 Å². The average molecular weight is 221 g/mol. The lowest BCUT2D eigenvalue weighted by atomic mass is 10.0. The molecule has 0 bridgehead atoms. The van der Waals surface area contributed by atoms with Crippen LogP contribution >= 0.6 is 0 Å². The van der Waals surface area contributed by atoms with Gasteiger partial charge in [0.15, 0.2) is 11.6 Å². The quantitative estimate of drug-likeness (QED) is 0.711. The zero-order valence-corrected chi connectivity index (χ0v) is 9.35. The molecule has 1 unspecified atom stereocenters. The Bertz CT molecular complexity index is 427. The van der Waals surface area contributed by atoms with Crippen LogP contribution in [0.2, 0.25) is 0 Å². The fourth-order valence-corrected chi connectivity index (χ4v) is 2.47. The summed E-state index contributed by atoms with van der Waals surface area (Å²) >= 11 is 0. The number of amides is 1. The van der Waals surface area contributed by atoms with Gasteiger partial charge in [-0.2, -0.15) is 5.10 Å². The van der Waals surface area contributed by atoms with Gasteiger partial charge in [-0.25, -0.2) is 4.68 Å². The van der Waals surface area contributed by atoms with E-state index >= 15 is 0 Å². The van der Waals surface area contributed by atoms with Crippen molar-refractivity contribution in [1.29, 1.82) is 0 Å². The lowest BCUT2D eigenvalue weighted by molar-refractivity contribution is -0.122. The van der Waals surface area contributed by atoms with Crippen molar-refractivity contribution in [3.05, 3.63) is 6.20 Å². The van der Waals surface area contributed by atoms with Crippen LogP contribution in [0.4, 0.5) is 5.82 Å². The second kappa shape index (κ2) is 3.50. The molecule has 0 aliphatic carbocycles. The van der Waals surface area contributed by atoms with Gasteiger partial charge in [-0.3, -0.25) is 9.69 Å². The highest BCUT2D eigenvalue weighted by atomic mass is 16.5. The van der Waals surface area contributed by atoms with Crippen molar-refractivity contribution in [1.82, 2.24) is 9.78 Å². The van der Waals surface area contributed by atoms with Crippen LogP contribution in [0.3, 0.4) is 0 Å². The van der Waals surface area contributed by atoms with Crippen molar-refractivity contribution < 1.29 is 9.53 Å². The third-order valence-corrected chi connectivity index (χ3v) is 3.40. The maximum absolute atomic E-state index is 12.3. The number of carbonyl (C=O) groups is 1. The highest BCUT2D eigenvalue weighted by molar-refractivity contribution is 5.96. The number of hydrogen-bond acceptors (Lipinski definition) is 3. The summed E-state index contributed by atoms with van der Waals surface area (Å²) in [6.45, 7) is 4.09. The first-order chi connectivity index (χ1) is 7.81. The van der Waals surface area contributed by atoms with Crippen molar-refractivity contribution in [3.8, 4) is 5.75 Å². The molecule has 2 aliphatic rings. The van der Waals surface area contributed by atoms with Crippen LogP contribution in [-0.2, 0) is 11.3 Å². The SMILES string of the molecule is CCC1CCn2ncc3c2N(CCO3)C1=O. The first kappa shape index (κ1) is 9.69. The van der Waals surface area contributed by atoms with Gasteiger partial charge in [0.25, 0.3) is 0 Å². The first-order valence-electron chi connectivity index (χ1n) is 5.81. The van der Waals surface area contributed by atoms with Gasteiger partial charge in [-0.05, 0) is 12.8 Å². The van der Waals surface area contributed by atoms with Crippen molar-refractivity contribution in [2.24, 2.45) is 5.92 Å². The number of hydrogen-bond donors (Lipinski definition) is 0. The van der Waals surface area contributed by atoms with E-state index in [1.807, 2.05) is 9.58 Å². The van der Waals surface area contributed by atoms with E-state index in [9.17, 15) is 4.79 Å². The average Bonchev–Trinajstić information content (AvgIpc) is 2.66. The third-order valence-electron chi connectivity index (χ3n) is 3.40. The van der Waals surface area contributed by atoms with Crippen molar-refractivity contribution in [2.45, 2.75) is 26.3 Å². The van der Waals surface area contributed by atoms with Gasteiger partial charge in [-0.1, -0.05) is 6.92 Å². The molecule has 2 aliphatic heterocycles. The fraction of sp³-hybridized carbons (Fsp3) is 0.636. The van der Waals surface area contributed by atoms with Crippen molar-refractivity contribution in [3.63, 3.8) is 0 Å². The maximum atomic E-state index is 12.3. The number of aromatic nitrogens is 2. The highest BCUT2D eigenvalue weighted by Gasteiger charge is 2.34. The minimum absolute atomic E-state index is 0.132. The lowest BCUT2D eigenvalue weighted by Gasteiger charge is -2.28. The zero-order valence-electron chi connectivity index (χ0n) is 9.35. The van der Waals surface area contributed by atoms with E-state index < -0.39 is 0 Å². The van der Waals surface area contributed by atoms with E-state index in [1.165, 1.54) is 0 Å². The fourth-order valence-electron chi connectivity index (χ4n) is 2.47. The molecule has 0 saturated carbocycles. The minimum atomic E-state index is 0.132. The Morgan fingerprint density at radius 1 is 1.56 bits per heavy atom. The summed E-state index contributed by atoms with van der Waals surface area (Å²) in [7, 11) is 0. The predicted octanol–water partition coefficient (Wildman–Crippen LogP) is 1.04. The second-order valence-electron chi connectivity index (χ2n) is 4.29. The molecule has 0 saturated heterocycles. The standard InChI is InChI=1S/C11H15N3O2/c1-2-8-3-4-14-10-9(7-12-14)16-6-5-13(10)11(8)15/h7-8H,2-6H2,1H3. The smallest absolute Gasteiger partial charge is 0.231 e. The summed E-state index contributed by atoms with van der Waals surface area (Å²) in [5.74, 6) is 1.96. The Kier molecular flexibility index (Phi) is 2.12. The molecule has 0 spiro atoms. The molecule has 1 amide bonds. The van der Waals surface area contributed by atoms with E-state index in [-0.39, 0.29) is 11.8 Å². The number of anilines is 1. The van der Waals surface area contributed by atoms with Crippen molar-refractivity contribution in [2.75, 3.05) is 18.1 Å². The molecule has 5 heteroatoms. The Morgan fingerprint density at radius 2 is 2.44 bits per heavy atom. The maximum Gasteiger partial charge on any atom is 0.231 e. The first-order valence-corrected chi connectivity index (χ1v) is 5.81. The van der Waals surface area contributed by atoms with E-state index in [0.717, 1.165) is 31.0 Å². The summed E-state index contributed by atoms with van der Waals surface area (Å²) in [5, 5.41) is 4.28. The van der Waals surface area contributed by atoms with Gasteiger partial charge < -0.3 is 4.74 Å². The summed E-state index contributed by atoms with van der Waals surface area (Å²) in [4.78, 5) is 14.1. The molecule has 1 aromatic heterocycles. The van der Waals surface area contributed by atoms with Crippen LogP contribution < -0.4 is 9.64 Å². The summed E-state index contributed by atoms with van der Waals surface area (Å²) in [6.07, 6.45) is 3.48. The monoisotopic (exact) mass is 221 g/mol. The Balaban J connectivity index is 2.06. The molecule has 0 aromatic carbocycles. The van der Waals surface area contributed by atoms with E-state index in [1.54, 1.807) is 6.20 Å². The van der Waals surface area contributed by atoms with Crippen LogP contribution in [0.25, 0.3) is 0 Å². The van der Waals surface area contributed by atoms with Gasteiger partial charge in [0, 0.05) is 12.5 Å². The molecular formula is C11H15N3O2. The number of rotatable bonds is 1. The topological polar surface area (TPSA) is 47.4 Å². The van der Waals surface area contributed by atoms with Crippen LogP contribution in [-0.4, -0.2) is 28.8 Å². The molecule has 5 nitrogen and oxygen atoms in total. The molecule has 3 heterocycles. The normalized spacial score (nSPS) is 23.7. The summed E-state index contributed by atoms with van der Waals surface area (Å²) in [6, 6.07) is 0. The van der Waals surface area contributed by atoms with Gasteiger partial charge in [-0.15, -0.1) is 0 Å². The second-order valence-corrected chi connectivity index (χ2v) is 4.29. The van der Waals surface area contributed by atoms with Gasteiger partial charge in [0.2, 0.25) is 5.91 Å². The van der Waals surface area contributed by atoms with Gasteiger partial charge in [0.1, 0.15) is 6.61 Å². The Hall–Kier alpha value is -1.52. The third kappa shape index (κ3) is 1.24. The molecule has 86 valence electrons. The van der Waals surface area contributed by atoms with Crippen molar-refractivity contribution >= 4 is 11.7 Å². The molecule has 0 radical (unpaired) electrons. The number of ether oxygens (including phenoxy) is 1. The summed E-state index contributed by atoms with van der Waals surface area (Å²) < 4.78 is 7.40. The zero-order chi connectivity index (χ0) is 11.1. The van der Waals surface area contributed by atoms with Crippen LogP contribution in [0.5, 0.6) is 5.75 Å². The Morgan fingerprint density at radius 3 is 3.25 bits per heavy atom. The number of carbonyl (C=O) groups excluding carboxylic acids is 1. The molecule has 0 N–H and O–H groups in total. The predicted molar refractivity (Wildman–Crippen MR) is 58.5 cm³/mol. The molecule has 0 fully saturated rings.